The lowest BCUT2D eigenvalue weighted by Gasteiger charge is -2.30. The van der Waals surface area contributed by atoms with Crippen LogP contribution in [0, 0.1) is 5.92 Å². The molecule has 0 spiro atoms. The summed E-state index contributed by atoms with van der Waals surface area (Å²) in [6, 6.07) is 4.80. The lowest BCUT2D eigenvalue weighted by Crippen LogP contribution is -2.43. The number of hydrogen-bond donors (Lipinski definition) is 1. The Hall–Kier alpha value is -2.09. The number of halogens is 1. The Morgan fingerprint density at radius 2 is 2.00 bits per heavy atom. The van der Waals surface area contributed by atoms with Gasteiger partial charge in [-0.15, -0.1) is 0 Å². The van der Waals surface area contributed by atoms with Crippen LogP contribution in [0.3, 0.4) is 0 Å². The Morgan fingerprint density at radius 3 is 2.62 bits per heavy atom. The molecular weight excluding hydrogens is 380 g/mol. The highest BCUT2D eigenvalue weighted by Crippen LogP contribution is 2.26. The normalized spacial score (nSPS) is 17.1. The van der Waals surface area contributed by atoms with Gasteiger partial charge in [0.15, 0.2) is 0 Å². The number of rotatable bonds is 3. The number of piperidine rings is 1. The van der Waals surface area contributed by atoms with Gasteiger partial charge in [-0.05, 0) is 47.0 Å². The number of likely N-dealkylation sites (tertiary alicyclic amines) is 1. The van der Waals surface area contributed by atoms with Gasteiger partial charge in [-0.2, -0.15) is 0 Å². The summed E-state index contributed by atoms with van der Waals surface area (Å²) in [7, 11) is 2.63. The molecule has 1 atom stereocenters. The summed E-state index contributed by atoms with van der Waals surface area (Å²) in [5, 5.41) is 2.82. The Morgan fingerprint density at radius 1 is 1.25 bits per heavy atom. The van der Waals surface area contributed by atoms with Crippen LogP contribution in [0.5, 0.6) is 0 Å². The number of benzene rings is 1. The maximum Gasteiger partial charge on any atom is 0.409 e. The predicted molar refractivity (Wildman–Crippen MR) is 90.8 cm³/mol. The van der Waals surface area contributed by atoms with Crippen molar-refractivity contribution in [3.63, 3.8) is 0 Å². The number of anilines is 1. The summed E-state index contributed by atoms with van der Waals surface area (Å²) in [6.45, 7) is 0.921. The number of nitrogens with one attached hydrogen (secondary N) is 1. The minimum atomic E-state index is -0.449. The van der Waals surface area contributed by atoms with Gasteiger partial charge in [-0.25, -0.2) is 9.59 Å². The molecule has 1 saturated heterocycles. The largest absolute Gasteiger partial charge is 0.465 e. The van der Waals surface area contributed by atoms with Gasteiger partial charge in [0.2, 0.25) is 5.91 Å². The number of ether oxygens (including phenoxy) is 2. The molecule has 0 radical (unpaired) electrons. The highest BCUT2D eigenvalue weighted by atomic mass is 79.9. The van der Waals surface area contributed by atoms with Crippen LogP contribution in [0.15, 0.2) is 22.7 Å². The smallest absolute Gasteiger partial charge is 0.409 e. The lowest BCUT2D eigenvalue weighted by atomic mass is 9.97. The Balaban J connectivity index is 2.04. The Bertz CT molecular complexity index is 649. The van der Waals surface area contributed by atoms with Crippen LogP contribution in [-0.2, 0) is 14.3 Å². The van der Waals surface area contributed by atoms with Gasteiger partial charge in [0, 0.05) is 17.6 Å². The van der Waals surface area contributed by atoms with E-state index >= 15 is 0 Å². The first-order chi connectivity index (χ1) is 11.5. The molecule has 0 bridgehead atoms. The number of carbonyl (C=O) groups excluding carboxylic acids is 3. The van der Waals surface area contributed by atoms with Crippen molar-refractivity contribution >= 4 is 39.6 Å². The van der Waals surface area contributed by atoms with E-state index < -0.39 is 12.1 Å². The summed E-state index contributed by atoms with van der Waals surface area (Å²) in [4.78, 5) is 37.1. The van der Waals surface area contributed by atoms with Crippen molar-refractivity contribution < 1.29 is 23.9 Å². The van der Waals surface area contributed by atoms with Crippen molar-refractivity contribution in [2.24, 2.45) is 5.92 Å². The van der Waals surface area contributed by atoms with Gasteiger partial charge < -0.3 is 19.7 Å². The highest BCUT2D eigenvalue weighted by Gasteiger charge is 2.29. The molecule has 1 N–H and O–H groups in total. The molecule has 130 valence electrons. The number of carbonyl (C=O) groups is 3. The van der Waals surface area contributed by atoms with E-state index in [2.05, 4.69) is 26.0 Å². The fourth-order valence-electron chi connectivity index (χ4n) is 2.58. The third-order valence-corrected chi connectivity index (χ3v) is 4.53. The Labute approximate surface area is 148 Å². The third-order valence-electron chi connectivity index (χ3n) is 3.87. The quantitative estimate of drug-likeness (QED) is 0.790. The molecule has 1 unspecified atom stereocenters. The summed E-state index contributed by atoms with van der Waals surface area (Å²) >= 11 is 3.34. The zero-order valence-corrected chi connectivity index (χ0v) is 15.1. The van der Waals surface area contributed by atoms with Crippen molar-refractivity contribution in [2.75, 3.05) is 32.6 Å². The number of nitrogens with zero attached hydrogens (tertiary/aromatic N) is 1. The summed E-state index contributed by atoms with van der Waals surface area (Å²) < 4.78 is 9.94. The average Bonchev–Trinajstić information content (AvgIpc) is 2.61. The molecule has 0 aliphatic carbocycles. The summed E-state index contributed by atoms with van der Waals surface area (Å²) in [6.07, 6.45) is 1.03. The van der Waals surface area contributed by atoms with Crippen LogP contribution in [0.4, 0.5) is 10.5 Å². The number of hydrogen-bond acceptors (Lipinski definition) is 5. The molecule has 1 heterocycles. The van der Waals surface area contributed by atoms with Gasteiger partial charge in [-0.3, -0.25) is 4.79 Å². The maximum absolute atomic E-state index is 12.4. The van der Waals surface area contributed by atoms with Crippen LogP contribution >= 0.6 is 15.9 Å². The zero-order valence-electron chi connectivity index (χ0n) is 13.5. The van der Waals surface area contributed by atoms with E-state index in [9.17, 15) is 14.4 Å². The molecule has 7 nitrogen and oxygen atoms in total. The summed E-state index contributed by atoms with van der Waals surface area (Å²) in [5.74, 6) is -0.922. The molecule has 8 heteroatoms. The van der Waals surface area contributed by atoms with Crippen LogP contribution in [-0.4, -0.2) is 50.2 Å². The molecule has 24 heavy (non-hydrogen) atoms. The number of amides is 2. The topological polar surface area (TPSA) is 84.9 Å². The molecular formula is C16H19BrN2O5. The van der Waals surface area contributed by atoms with Crippen molar-refractivity contribution in [1.82, 2.24) is 4.90 Å². The van der Waals surface area contributed by atoms with Gasteiger partial charge in [0.1, 0.15) is 0 Å². The van der Waals surface area contributed by atoms with Crippen molar-refractivity contribution in [1.29, 1.82) is 0 Å². The average molecular weight is 399 g/mol. The molecule has 2 rings (SSSR count). The van der Waals surface area contributed by atoms with Crippen LogP contribution in [0.2, 0.25) is 0 Å². The number of esters is 1. The molecule has 0 aromatic heterocycles. The fourth-order valence-corrected chi connectivity index (χ4v) is 3.06. The SMILES string of the molecule is COC(=O)c1ccc(NC(=O)C2CCCN(C(=O)OC)C2)c(Br)c1. The standard InChI is InChI=1S/C16H19BrN2O5/c1-23-15(21)10-5-6-13(12(17)8-10)18-14(20)11-4-3-7-19(9-11)16(22)24-2/h5-6,8,11H,3-4,7,9H2,1-2H3,(H,18,20). The molecule has 2 amide bonds. The first-order valence-electron chi connectivity index (χ1n) is 7.48. The van der Waals surface area contributed by atoms with Gasteiger partial charge in [0.25, 0.3) is 0 Å². The number of methoxy groups -OCH3 is 2. The minimum Gasteiger partial charge on any atom is -0.465 e. The zero-order chi connectivity index (χ0) is 17.7. The second-order valence-electron chi connectivity index (χ2n) is 5.43. The molecule has 0 saturated carbocycles. The van der Waals surface area contributed by atoms with E-state index in [1.807, 2.05) is 0 Å². The molecule has 1 aliphatic rings. The molecule has 1 fully saturated rings. The molecule has 1 aliphatic heterocycles. The molecule has 1 aromatic carbocycles. The first-order valence-corrected chi connectivity index (χ1v) is 8.27. The fraction of sp³-hybridized carbons (Fsp3) is 0.438. The van der Waals surface area contributed by atoms with E-state index in [-0.39, 0.29) is 11.8 Å². The molecule has 1 aromatic rings. The minimum absolute atomic E-state index is 0.171. The van der Waals surface area contributed by atoms with E-state index in [1.165, 1.54) is 19.1 Å². The van der Waals surface area contributed by atoms with E-state index in [0.717, 1.165) is 6.42 Å². The van der Waals surface area contributed by atoms with Gasteiger partial charge in [-0.1, -0.05) is 0 Å². The van der Waals surface area contributed by atoms with Crippen LogP contribution < -0.4 is 5.32 Å². The van der Waals surface area contributed by atoms with E-state index in [0.29, 0.717) is 35.2 Å². The predicted octanol–water partition coefficient (Wildman–Crippen LogP) is 2.65. The van der Waals surface area contributed by atoms with Crippen molar-refractivity contribution in [3.05, 3.63) is 28.2 Å². The van der Waals surface area contributed by atoms with Crippen molar-refractivity contribution in [2.45, 2.75) is 12.8 Å². The highest BCUT2D eigenvalue weighted by molar-refractivity contribution is 9.10. The first kappa shape index (κ1) is 18.3. The summed E-state index contributed by atoms with van der Waals surface area (Å²) in [5.41, 5.74) is 0.944. The van der Waals surface area contributed by atoms with Crippen molar-refractivity contribution in [3.8, 4) is 0 Å². The van der Waals surface area contributed by atoms with Gasteiger partial charge in [0.05, 0.1) is 31.4 Å². The second-order valence-corrected chi connectivity index (χ2v) is 6.28. The van der Waals surface area contributed by atoms with Gasteiger partial charge >= 0.3 is 12.1 Å². The second kappa shape index (κ2) is 8.14. The monoisotopic (exact) mass is 398 g/mol. The van der Waals surface area contributed by atoms with Crippen LogP contribution in [0.25, 0.3) is 0 Å². The Kier molecular flexibility index (Phi) is 6.19. The maximum atomic E-state index is 12.4. The van der Waals surface area contributed by atoms with E-state index in [4.69, 9.17) is 4.74 Å². The van der Waals surface area contributed by atoms with Crippen LogP contribution in [0.1, 0.15) is 23.2 Å². The van der Waals surface area contributed by atoms with E-state index in [1.54, 1.807) is 18.2 Å². The third kappa shape index (κ3) is 4.25. The lowest BCUT2D eigenvalue weighted by molar-refractivity contribution is -0.121.